The van der Waals surface area contributed by atoms with Crippen LogP contribution in [0, 0.1) is 3.57 Å². The molecule has 0 fully saturated rings. The molecule has 2 aromatic carbocycles. The van der Waals surface area contributed by atoms with E-state index in [-0.39, 0.29) is 6.61 Å². The number of hydrogen-bond donors (Lipinski definition) is 1. The van der Waals surface area contributed by atoms with Crippen LogP contribution in [0.2, 0.25) is 0 Å². The number of aliphatic imine (C=N–C) groups is 1. The van der Waals surface area contributed by atoms with Crippen LogP contribution in [0.15, 0.2) is 45.9 Å². The standard InChI is InChI=1S/C21H20BrIN2O4/c1-20(2,3)29-19(26)24-18-10-27-11-21(25-18)14-8-12(22)4-6-16(14)28-17-7-5-13(23)9-15(17)21/h4-9H,10-11H2,1-3H3,(H,24,25,26)/t21-/m0/s1. The lowest BCUT2D eigenvalue weighted by molar-refractivity contribution is 0.0545. The quantitative estimate of drug-likeness (QED) is 0.433. The highest BCUT2D eigenvalue weighted by molar-refractivity contribution is 14.1. The van der Waals surface area contributed by atoms with E-state index in [1.807, 2.05) is 57.2 Å². The first-order chi connectivity index (χ1) is 13.7. The lowest BCUT2D eigenvalue weighted by atomic mass is 9.80. The smallest absolute Gasteiger partial charge is 0.413 e. The number of amides is 1. The van der Waals surface area contributed by atoms with Crippen molar-refractivity contribution in [2.75, 3.05) is 13.2 Å². The summed E-state index contributed by atoms with van der Waals surface area (Å²) in [6, 6.07) is 11.8. The Kier molecular flexibility index (Phi) is 5.37. The zero-order valence-corrected chi connectivity index (χ0v) is 20.0. The normalized spacial score (nSPS) is 20.2. The predicted octanol–water partition coefficient (Wildman–Crippen LogP) is 5.36. The average molecular weight is 571 g/mol. The summed E-state index contributed by atoms with van der Waals surface area (Å²) in [5.41, 5.74) is 0.357. The first kappa shape index (κ1) is 20.6. The third kappa shape index (κ3) is 4.15. The molecule has 0 unspecified atom stereocenters. The van der Waals surface area contributed by atoms with E-state index < -0.39 is 17.2 Å². The van der Waals surface area contributed by atoms with Gasteiger partial charge in [-0.25, -0.2) is 4.79 Å². The molecule has 1 atom stereocenters. The van der Waals surface area contributed by atoms with Gasteiger partial charge >= 0.3 is 6.09 Å². The number of ether oxygens (including phenoxy) is 3. The number of fused-ring (bicyclic) bond motifs is 4. The molecule has 1 amide bonds. The van der Waals surface area contributed by atoms with Gasteiger partial charge in [0.05, 0.1) is 6.61 Å². The number of benzene rings is 2. The zero-order valence-electron chi connectivity index (χ0n) is 16.2. The number of amidine groups is 1. The molecule has 29 heavy (non-hydrogen) atoms. The van der Waals surface area contributed by atoms with E-state index >= 15 is 0 Å². The fourth-order valence-corrected chi connectivity index (χ4v) is 4.30. The van der Waals surface area contributed by atoms with Crippen molar-refractivity contribution in [1.29, 1.82) is 0 Å². The van der Waals surface area contributed by atoms with Crippen LogP contribution in [0.3, 0.4) is 0 Å². The number of halogens is 2. The van der Waals surface area contributed by atoms with Crippen LogP contribution in [0.25, 0.3) is 0 Å². The van der Waals surface area contributed by atoms with E-state index in [2.05, 4.69) is 43.8 Å². The van der Waals surface area contributed by atoms with Gasteiger partial charge in [-0.2, -0.15) is 0 Å². The van der Waals surface area contributed by atoms with Gasteiger partial charge in [0.2, 0.25) is 0 Å². The summed E-state index contributed by atoms with van der Waals surface area (Å²) in [6.45, 7) is 5.99. The predicted molar refractivity (Wildman–Crippen MR) is 122 cm³/mol. The maximum absolute atomic E-state index is 12.3. The second kappa shape index (κ2) is 7.55. The Morgan fingerprint density at radius 2 is 1.90 bits per heavy atom. The van der Waals surface area contributed by atoms with Crippen molar-refractivity contribution in [3.05, 3.63) is 55.6 Å². The Bertz CT molecular complexity index is 965. The van der Waals surface area contributed by atoms with E-state index in [0.29, 0.717) is 18.2 Å². The van der Waals surface area contributed by atoms with Gasteiger partial charge in [-0.3, -0.25) is 10.3 Å². The molecule has 2 aliphatic heterocycles. The number of hydrogen-bond acceptors (Lipinski definition) is 5. The highest BCUT2D eigenvalue weighted by Gasteiger charge is 2.45. The van der Waals surface area contributed by atoms with Gasteiger partial charge in [-0.1, -0.05) is 15.9 Å². The molecule has 0 aliphatic carbocycles. The number of carbonyl (C=O) groups is 1. The first-order valence-corrected chi connectivity index (χ1v) is 11.0. The average Bonchev–Trinajstić information content (AvgIpc) is 2.62. The minimum absolute atomic E-state index is 0.199. The number of alkyl carbamates (subject to hydrolysis) is 1. The molecule has 1 spiro atoms. The Morgan fingerprint density at radius 1 is 1.21 bits per heavy atom. The van der Waals surface area contributed by atoms with Crippen LogP contribution < -0.4 is 10.1 Å². The number of rotatable bonds is 0. The fraction of sp³-hybridized carbons (Fsp3) is 0.333. The van der Waals surface area contributed by atoms with E-state index in [1.54, 1.807) is 0 Å². The van der Waals surface area contributed by atoms with Crippen LogP contribution in [0.1, 0.15) is 31.9 Å². The van der Waals surface area contributed by atoms with Crippen molar-refractivity contribution in [3.63, 3.8) is 0 Å². The summed E-state index contributed by atoms with van der Waals surface area (Å²) in [4.78, 5) is 17.3. The monoisotopic (exact) mass is 570 g/mol. The summed E-state index contributed by atoms with van der Waals surface area (Å²) in [7, 11) is 0. The number of nitrogens with zero attached hydrogens (tertiary/aromatic N) is 1. The van der Waals surface area contributed by atoms with Gasteiger partial charge in [0.25, 0.3) is 0 Å². The van der Waals surface area contributed by atoms with Gasteiger partial charge in [0, 0.05) is 19.2 Å². The molecular weight excluding hydrogens is 551 g/mol. The van der Waals surface area contributed by atoms with Crippen molar-refractivity contribution in [2.45, 2.75) is 31.9 Å². The third-order valence-corrected chi connectivity index (χ3v) is 5.68. The van der Waals surface area contributed by atoms with Crippen LogP contribution in [0.5, 0.6) is 11.5 Å². The topological polar surface area (TPSA) is 69.2 Å². The summed E-state index contributed by atoms with van der Waals surface area (Å²) in [5, 5.41) is 2.75. The number of nitrogens with one attached hydrogen (secondary N) is 1. The van der Waals surface area contributed by atoms with Crippen LogP contribution in [0.4, 0.5) is 4.79 Å². The van der Waals surface area contributed by atoms with E-state index in [1.165, 1.54) is 0 Å². The van der Waals surface area contributed by atoms with Crippen molar-refractivity contribution < 1.29 is 19.0 Å². The largest absolute Gasteiger partial charge is 0.457 e. The van der Waals surface area contributed by atoms with Crippen LogP contribution >= 0.6 is 38.5 Å². The molecule has 4 rings (SSSR count). The van der Waals surface area contributed by atoms with Crippen molar-refractivity contribution in [1.82, 2.24) is 5.32 Å². The van der Waals surface area contributed by atoms with Crippen LogP contribution in [-0.4, -0.2) is 30.7 Å². The molecule has 0 radical (unpaired) electrons. The van der Waals surface area contributed by atoms with E-state index in [9.17, 15) is 4.79 Å². The van der Waals surface area contributed by atoms with Crippen molar-refractivity contribution in [3.8, 4) is 11.5 Å². The Balaban J connectivity index is 1.82. The first-order valence-electron chi connectivity index (χ1n) is 9.11. The summed E-state index contributed by atoms with van der Waals surface area (Å²) >= 11 is 5.81. The highest BCUT2D eigenvalue weighted by atomic mass is 127. The molecule has 0 bridgehead atoms. The molecule has 8 heteroatoms. The van der Waals surface area contributed by atoms with E-state index in [4.69, 9.17) is 19.2 Å². The molecule has 0 saturated carbocycles. The van der Waals surface area contributed by atoms with Gasteiger partial charge < -0.3 is 14.2 Å². The SMILES string of the molecule is CC(C)(C)OC(=O)NC1=N[C@@]2(COC1)c1cc(Br)ccc1Oc1ccc(I)cc12. The van der Waals surface area contributed by atoms with Gasteiger partial charge in [-0.05, 0) is 79.8 Å². The Hall–Kier alpha value is -1.65. The summed E-state index contributed by atoms with van der Waals surface area (Å²) in [6.07, 6.45) is -0.554. The highest BCUT2D eigenvalue weighted by Crippen LogP contribution is 2.51. The van der Waals surface area contributed by atoms with Gasteiger partial charge in [-0.15, -0.1) is 0 Å². The molecule has 1 N–H and O–H groups in total. The molecule has 2 aromatic rings. The maximum Gasteiger partial charge on any atom is 0.413 e. The molecule has 6 nitrogen and oxygen atoms in total. The molecule has 0 aromatic heterocycles. The lowest BCUT2D eigenvalue weighted by Crippen LogP contribution is -2.46. The van der Waals surface area contributed by atoms with Gasteiger partial charge in [0.1, 0.15) is 35.1 Å². The summed E-state index contributed by atoms with van der Waals surface area (Å²) in [5.74, 6) is 1.86. The molecule has 152 valence electrons. The lowest BCUT2D eigenvalue weighted by Gasteiger charge is -2.40. The second-order valence-electron chi connectivity index (χ2n) is 7.92. The minimum Gasteiger partial charge on any atom is -0.457 e. The second-order valence-corrected chi connectivity index (χ2v) is 10.1. The van der Waals surface area contributed by atoms with Crippen molar-refractivity contribution in [2.24, 2.45) is 4.99 Å². The minimum atomic E-state index is -0.823. The maximum atomic E-state index is 12.3. The molecule has 2 heterocycles. The van der Waals surface area contributed by atoms with Gasteiger partial charge in [0.15, 0.2) is 0 Å². The number of carbonyl (C=O) groups excluding carboxylic acids is 1. The van der Waals surface area contributed by atoms with E-state index in [0.717, 1.165) is 24.9 Å². The van der Waals surface area contributed by atoms with Crippen molar-refractivity contribution >= 4 is 50.4 Å². The Labute approximate surface area is 191 Å². The Morgan fingerprint density at radius 3 is 2.62 bits per heavy atom. The third-order valence-electron chi connectivity index (χ3n) is 4.52. The molecular formula is C21H20BrIN2O4. The molecule has 0 saturated heterocycles. The zero-order chi connectivity index (χ0) is 20.8. The summed E-state index contributed by atoms with van der Waals surface area (Å²) < 4.78 is 19.4. The molecule has 2 aliphatic rings. The fourth-order valence-electron chi connectivity index (χ4n) is 3.44. The van der Waals surface area contributed by atoms with Crippen LogP contribution in [-0.2, 0) is 15.0 Å².